The quantitative estimate of drug-likeness (QED) is 0.0261. The van der Waals surface area contributed by atoms with Crippen LogP contribution in [0.15, 0.2) is 12.2 Å². The van der Waals surface area contributed by atoms with Gasteiger partial charge in [0.2, 0.25) is 5.91 Å². The van der Waals surface area contributed by atoms with E-state index in [9.17, 15) is 30.3 Å². The molecule has 7 unspecified atom stereocenters. The first-order chi connectivity index (χ1) is 33.3. The van der Waals surface area contributed by atoms with Crippen LogP contribution in [0.4, 0.5) is 0 Å². The van der Waals surface area contributed by atoms with Crippen molar-refractivity contribution in [2.45, 2.75) is 346 Å². The van der Waals surface area contributed by atoms with Gasteiger partial charge in [-0.05, 0) is 38.5 Å². The first-order valence-electron chi connectivity index (χ1n) is 29.9. The smallest absolute Gasteiger partial charge is 0.220 e. The van der Waals surface area contributed by atoms with Crippen molar-refractivity contribution in [2.24, 2.45) is 0 Å². The van der Waals surface area contributed by atoms with E-state index in [-0.39, 0.29) is 12.5 Å². The average molecular weight is 967 g/mol. The summed E-state index contributed by atoms with van der Waals surface area (Å²) < 4.78 is 11.3. The summed E-state index contributed by atoms with van der Waals surface area (Å²) in [6, 6.07) is -0.719. The zero-order valence-electron chi connectivity index (χ0n) is 44.9. The van der Waals surface area contributed by atoms with Gasteiger partial charge in [-0.25, -0.2) is 0 Å². The van der Waals surface area contributed by atoms with Crippen LogP contribution < -0.4 is 5.32 Å². The van der Waals surface area contributed by atoms with E-state index in [0.29, 0.717) is 12.8 Å². The van der Waals surface area contributed by atoms with Crippen LogP contribution in [-0.2, 0) is 14.3 Å². The molecule has 404 valence electrons. The number of hydrogen-bond acceptors (Lipinski definition) is 8. The number of rotatable bonds is 52. The summed E-state index contributed by atoms with van der Waals surface area (Å²) in [7, 11) is 0. The molecule has 0 aliphatic carbocycles. The molecule has 1 fully saturated rings. The van der Waals surface area contributed by atoms with Crippen LogP contribution in [0.5, 0.6) is 0 Å². The highest BCUT2D eigenvalue weighted by molar-refractivity contribution is 5.76. The Morgan fingerprint density at radius 1 is 0.485 bits per heavy atom. The number of allylic oxidation sites excluding steroid dienone is 2. The molecule has 6 N–H and O–H groups in total. The number of aliphatic hydroxyl groups is 5. The van der Waals surface area contributed by atoms with Gasteiger partial charge in [-0.15, -0.1) is 0 Å². The van der Waals surface area contributed by atoms with Crippen LogP contribution in [0.2, 0.25) is 0 Å². The molecular formula is C59H115NO8. The minimum Gasteiger partial charge on any atom is -0.394 e. The Morgan fingerprint density at radius 2 is 0.824 bits per heavy atom. The van der Waals surface area contributed by atoms with Crippen LogP contribution in [0.1, 0.15) is 303 Å². The summed E-state index contributed by atoms with van der Waals surface area (Å²) in [6.45, 7) is 3.88. The van der Waals surface area contributed by atoms with Gasteiger partial charge in [-0.1, -0.05) is 270 Å². The highest BCUT2D eigenvalue weighted by atomic mass is 16.7. The van der Waals surface area contributed by atoms with E-state index in [4.69, 9.17) is 9.47 Å². The topological polar surface area (TPSA) is 149 Å². The molecule has 0 aromatic heterocycles. The normalized spacial score (nSPS) is 19.5. The maximum absolute atomic E-state index is 13.1. The average Bonchev–Trinajstić information content (AvgIpc) is 3.34. The van der Waals surface area contributed by atoms with Gasteiger partial charge in [0, 0.05) is 6.42 Å². The SMILES string of the molecule is CCCCCCCCCCCCC/C=C\CCCCCCCCCC(=O)NC(COC1OC(CO)C(O)C(O)C1O)C(O)CCCCCCCCCCCCCCCCCCCCCCCCC. The van der Waals surface area contributed by atoms with E-state index in [1.165, 1.54) is 238 Å². The zero-order chi connectivity index (χ0) is 49.4. The Kier molecular flexibility index (Phi) is 47.3. The summed E-state index contributed by atoms with van der Waals surface area (Å²) in [4.78, 5) is 13.1. The van der Waals surface area contributed by atoms with E-state index in [0.717, 1.165) is 38.5 Å². The summed E-state index contributed by atoms with van der Waals surface area (Å²) in [5.74, 6) is -0.143. The van der Waals surface area contributed by atoms with Gasteiger partial charge in [0.1, 0.15) is 24.4 Å². The van der Waals surface area contributed by atoms with Gasteiger partial charge >= 0.3 is 0 Å². The molecule has 1 rings (SSSR count). The van der Waals surface area contributed by atoms with E-state index >= 15 is 0 Å². The molecule has 9 nitrogen and oxygen atoms in total. The Hall–Kier alpha value is -1.07. The minimum absolute atomic E-state index is 0.135. The van der Waals surface area contributed by atoms with Crippen molar-refractivity contribution in [1.29, 1.82) is 0 Å². The molecule has 0 aromatic carbocycles. The molecule has 68 heavy (non-hydrogen) atoms. The fraction of sp³-hybridized carbons (Fsp3) is 0.949. The number of aliphatic hydroxyl groups excluding tert-OH is 5. The Balaban J connectivity index is 2.19. The third-order valence-electron chi connectivity index (χ3n) is 14.6. The van der Waals surface area contributed by atoms with Gasteiger partial charge in [-0.2, -0.15) is 0 Å². The lowest BCUT2D eigenvalue weighted by molar-refractivity contribution is -0.302. The van der Waals surface area contributed by atoms with Gasteiger partial charge < -0.3 is 40.3 Å². The van der Waals surface area contributed by atoms with Crippen molar-refractivity contribution in [1.82, 2.24) is 5.32 Å². The highest BCUT2D eigenvalue weighted by Crippen LogP contribution is 2.23. The van der Waals surface area contributed by atoms with Crippen LogP contribution in [0, 0.1) is 0 Å². The van der Waals surface area contributed by atoms with Crippen molar-refractivity contribution in [2.75, 3.05) is 13.2 Å². The number of hydrogen-bond donors (Lipinski definition) is 6. The molecule has 0 spiro atoms. The monoisotopic (exact) mass is 966 g/mol. The number of amides is 1. The van der Waals surface area contributed by atoms with Crippen molar-refractivity contribution < 1.29 is 39.8 Å². The van der Waals surface area contributed by atoms with E-state index < -0.39 is 49.5 Å². The first kappa shape index (κ1) is 64.9. The predicted molar refractivity (Wildman–Crippen MR) is 286 cm³/mol. The molecule has 1 aliphatic rings. The predicted octanol–water partition coefficient (Wildman–Crippen LogP) is 14.8. The fourth-order valence-electron chi connectivity index (χ4n) is 9.87. The lowest BCUT2D eigenvalue weighted by Crippen LogP contribution is -2.60. The summed E-state index contributed by atoms with van der Waals surface area (Å²) in [5.41, 5.74) is 0. The van der Waals surface area contributed by atoms with Gasteiger partial charge in [-0.3, -0.25) is 4.79 Å². The maximum atomic E-state index is 13.1. The molecule has 1 aliphatic heterocycles. The number of nitrogens with one attached hydrogen (secondary N) is 1. The Labute approximate surface area is 420 Å². The third kappa shape index (κ3) is 38.6. The van der Waals surface area contributed by atoms with Crippen LogP contribution in [0.3, 0.4) is 0 Å². The standard InChI is InChI=1S/C59H115NO8/c1-3-5-7-9-11-13-15-17-19-21-23-25-27-28-30-32-34-36-38-40-42-44-46-48-53(62)52(51-67-59-58(66)57(65)56(64)54(50-61)68-59)60-55(63)49-47-45-43-41-39-37-35-33-31-29-26-24-22-20-18-16-14-12-10-8-6-4-2/h29,31,52-54,56-59,61-62,64-66H,3-28,30,32-51H2,1-2H3,(H,60,63)/b31-29-. The number of ether oxygens (including phenoxy) is 2. The van der Waals surface area contributed by atoms with E-state index in [1.54, 1.807) is 0 Å². The Morgan fingerprint density at radius 3 is 1.19 bits per heavy atom. The molecule has 1 saturated heterocycles. The third-order valence-corrected chi connectivity index (χ3v) is 14.6. The van der Waals surface area contributed by atoms with Crippen molar-refractivity contribution in [3.63, 3.8) is 0 Å². The lowest BCUT2D eigenvalue weighted by Gasteiger charge is -2.40. The molecule has 1 amide bonds. The van der Waals surface area contributed by atoms with E-state index in [1.807, 2.05) is 0 Å². The van der Waals surface area contributed by atoms with Crippen LogP contribution >= 0.6 is 0 Å². The number of carbonyl (C=O) groups excluding carboxylic acids is 1. The summed E-state index contributed by atoms with van der Waals surface area (Å²) >= 11 is 0. The molecular weight excluding hydrogens is 851 g/mol. The number of carbonyl (C=O) groups is 1. The van der Waals surface area contributed by atoms with Crippen LogP contribution in [0.25, 0.3) is 0 Å². The van der Waals surface area contributed by atoms with Crippen LogP contribution in [-0.4, -0.2) is 87.5 Å². The van der Waals surface area contributed by atoms with Gasteiger partial charge in [0.15, 0.2) is 6.29 Å². The fourth-order valence-corrected chi connectivity index (χ4v) is 9.87. The molecule has 0 bridgehead atoms. The van der Waals surface area contributed by atoms with Gasteiger partial charge in [0.25, 0.3) is 0 Å². The molecule has 9 heteroatoms. The summed E-state index contributed by atoms with van der Waals surface area (Å²) in [6.07, 6.45) is 53.8. The first-order valence-corrected chi connectivity index (χ1v) is 29.9. The van der Waals surface area contributed by atoms with Crippen molar-refractivity contribution >= 4 is 5.91 Å². The molecule has 0 saturated carbocycles. The second-order valence-electron chi connectivity index (χ2n) is 21.1. The van der Waals surface area contributed by atoms with Crippen molar-refractivity contribution in [3.8, 4) is 0 Å². The second kappa shape index (κ2) is 49.5. The van der Waals surface area contributed by atoms with Crippen molar-refractivity contribution in [3.05, 3.63) is 12.2 Å². The molecule has 0 radical (unpaired) electrons. The number of unbranched alkanes of at least 4 members (excludes halogenated alkanes) is 40. The highest BCUT2D eigenvalue weighted by Gasteiger charge is 2.44. The zero-order valence-corrected chi connectivity index (χ0v) is 44.9. The molecule has 1 heterocycles. The maximum Gasteiger partial charge on any atom is 0.220 e. The van der Waals surface area contributed by atoms with E-state index in [2.05, 4.69) is 31.3 Å². The minimum atomic E-state index is -1.55. The largest absolute Gasteiger partial charge is 0.394 e. The second-order valence-corrected chi connectivity index (χ2v) is 21.1. The molecule has 0 aromatic rings. The Bertz CT molecular complexity index is 1080. The van der Waals surface area contributed by atoms with Gasteiger partial charge in [0.05, 0.1) is 25.4 Å². The molecule has 7 atom stereocenters. The lowest BCUT2D eigenvalue weighted by atomic mass is 9.99. The summed E-state index contributed by atoms with van der Waals surface area (Å²) in [5, 5.41) is 54.7.